The van der Waals surface area contributed by atoms with Crippen LogP contribution in [0.5, 0.6) is 0 Å². The molecule has 58 valence electrons. The standard InChI is InChI=1S/C7H6BrClN2/c8-3-1-2-7-10-4-6(9)5-11-7/h1-2,4-5H,3H2. The molecule has 0 atom stereocenters. The van der Waals surface area contributed by atoms with Gasteiger partial charge in [0.05, 0.1) is 5.02 Å². The van der Waals surface area contributed by atoms with E-state index in [-0.39, 0.29) is 0 Å². The Hall–Kier alpha value is -0.410. The highest BCUT2D eigenvalue weighted by molar-refractivity contribution is 9.09. The number of hydrogen-bond donors (Lipinski definition) is 0. The van der Waals surface area contributed by atoms with Crippen molar-refractivity contribution in [3.8, 4) is 0 Å². The van der Waals surface area contributed by atoms with Gasteiger partial charge in [0.25, 0.3) is 0 Å². The van der Waals surface area contributed by atoms with Gasteiger partial charge in [-0.05, 0) is 6.08 Å². The normalized spacial score (nSPS) is 10.7. The number of nitrogens with zero attached hydrogens (tertiary/aromatic N) is 2. The van der Waals surface area contributed by atoms with Crippen molar-refractivity contribution in [3.63, 3.8) is 0 Å². The summed E-state index contributed by atoms with van der Waals surface area (Å²) in [7, 11) is 0. The predicted octanol–water partition coefficient (Wildman–Crippen LogP) is 2.54. The maximum atomic E-state index is 5.59. The lowest BCUT2D eigenvalue weighted by Gasteiger charge is -1.89. The molecule has 0 fully saturated rings. The van der Waals surface area contributed by atoms with E-state index < -0.39 is 0 Å². The van der Waals surface area contributed by atoms with E-state index in [1.54, 1.807) is 12.4 Å². The van der Waals surface area contributed by atoms with Gasteiger partial charge in [-0.3, -0.25) is 0 Å². The summed E-state index contributed by atoms with van der Waals surface area (Å²) < 4.78 is 0. The minimum Gasteiger partial charge on any atom is -0.236 e. The largest absolute Gasteiger partial charge is 0.236 e. The molecule has 0 amide bonds. The van der Waals surface area contributed by atoms with Gasteiger partial charge in [-0.25, -0.2) is 9.97 Å². The molecule has 2 nitrogen and oxygen atoms in total. The van der Waals surface area contributed by atoms with Crippen LogP contribution in [0.25, 0.3) is 6.08 Å². The van der Waals surface area contributed by atoms with Crippen molar-refractivity contribution in [3.05, 3.63) is 29.3 Å². The lowest BCUT2D eigenvalue weighted by molar-refractivity contribution is 1.13. The van der Waals surface area contributed by atoms with E-state index in [2.05, 4.69) is 25.9 Å². The fourth-order valence-electron chi connectivity index (χ4n) is 0.558. The number of halogens is 2. The highest BCUT2D eigenvalue weighted by Crippen LogP contribution is 2.03. The second kappa shape index (κ2) is 4.46. The van der Waals surface area contributed by atoms with Crippen LogP contribution in [0.1, 0.15) is 5.82 Å². The van der Waals surface area contributed by atoms with Gasteiger partial charge >= 0.3 is 0 Å². The number of allylic oxidation sites excluding steroid dienone is 1. The van der Waals surface area contributed by atoms with Gasteiger partial charge in [-0.1, -0.05) is 33.6 Å². The Labute approximate surface area is 78.4 Å². The number of alkyl halides is 1. The van der Waals surface area contributed by atoms with Crippen molar-refractivity contribution < 1.29 is 0 Å². The summed E-state index contributed by atoms with van der Waals surface area (Å²) in [5.41, 5.74) is 0. The monoisotopic (exact) mass is 232 g/mol. The summed E-state index contributed by atoms with van der Waals surface area (Å²) in [6.07, 6.45) is 6.89. The molecule has 1 aromatic heterocycles. The molecule has 1 aromatic rings. The van der Waals surface area contributed by atoms with Gasteiger partial charge in [0.2, 0.25) is 0 Å². The Bertz CT molecular complexity index is 245. The predicted molar refractivity (Wildman–Crippen MR) is 49.9 cm³/mol. The molecule has 4 heteroatoms. The zero-order valence-electron chi connectivity index (χ0n) is 5.67. The Balaban J connectivity index is 2.73. The highest BCUT2D eigenvalue weighted by Gasteiger charge is 1.88. The molecule has 0 spiro atoms. The molecule has 0 N–H and O–H groups in total. The first-order valence-electron chi connectivity index (χ1n) is 3.03. The van der Waals surface area contributed by atoms with Crippen molar-refractivity contribution in [1.29, 1.82) is 0 Å². The van der Waals surface area contributed by atoms with Crippen LogP contribution in [0.2, 0.25) is 5.02 Å². The fourth-order valence-corrected chi connectivity index (χ4v) is 0.843. The summed E-state index contributed by atoms with van der Waals surface area (Å²) in [4.78, 5) is 7.93. The molecule has 0 saturated carbocycles. The number of rotatable bonds is 2. The van der Waals surface area contributed by atoms with Gasteiger partial charge < -0.3 is 0 Å². The maximum absolute atomic E-state index is 5.59. The topological polar surface area (TPSA) is 25.8 Å². The summed E-state index contributed by atoms with van der Waals surface area (Å²) in [5.74, 6) is 0.675. The molecular weight excluding hydrogens is 227 g/mol. The zero-order chi connectivity index (χ0) is 8.10. The van der Waals surface area contributed by atoms with E-state index in [4.69, 9.17) is 11.6 Å². The number of hydrogen-bond acceptors (Lipinski definition) is 2. The molecule has 0 saturated heterocycles. The van der Waals surface area contributed by atoms with E-state index >= 15 is 0 Å². The molecule has 0 aliphatic carbocycles. The van der Waals surface area contributed by atoms with Crippen LogP contribution < -0.4 is 0 Å². The van der Waals surface area contributed by atoms with Crippen molar-refractivity contribution in [2.45, 2.75) is 0 Å². The molecule has 0 bridgehead atoms. The third-order valence-corrected chi connectivity index (χ3v) is 1.57. The second-order valence-corrected chi connectivity index (χ2v) is 2.90. The second-order valence-electron chi connectivity index (χ2n) is 1.82. The molecule has 0 aliphatic heterocycles. The van der Waals surface area contributed by atoms with E-state index in [0.717, 1.165) is 5.33 Å². The van der Waals surface area contributed by atoms with Crippen molar-refractivity contribution in [2.75, 3.05) is 5.33 Å². The Kier molecular flexibility index (Phi) is 3.52. The average Bonchev–Trinajstić information content (AvgIpc) is 2.04. The molecule has 1 heterocycles. The van der Waals surface area contributed by atoms with Gasteiger partial charge in [0, 0.05) is 17.7 Å². The van der Waals surface area contributed by atoms with Crippen molar-refractivity contribution in [1.82, 2.24) is 9.97 Å². The SMILES string of the molecule is Clc1cnc(C=CCBr)nc1. The first-order valence-corrected chi connectivity index (χ1v) is 4.53. The van der Waals surface area contributed by atoms with Crippen LogP contribution in [-0.4, -0.2) is 15.3 Å². The summed E-state index contributed by atoms with van der Waals surface area (Å²) in [5, 5.41) is 1.36. The lowest BCUT2D eigenvalue weighted by atomic mass is 10.5. The van der Waals surface area contributed by atoms with E-state index in [1.165, 1.54) is 0 Å². The molecule has 0 radical (unpaired) electrons. The van der Waals surface area contributed by atoms with E-state index in [1.807, 2.05) is 12.2 Å². The average molecular weight is 233 g/mol. The molecule has 0 aromatic carbocycles. The van der Waals surface area contributed by atoms with Gasteiger partial charge in [0.1, 0.15) is 0 Å². The maximum Gasteiger partial charge on any atom is 0.151 e. The van der Waals surface area contributed by atoms with Gasteiger partial charge in [0.15, 0.2) is 5.82 Å². The Morgan fingerprint density at radius 2 is 2.09 bits per heavy atom. The molecule has 0 unspecified atom stereocenters. The molecular formula is C7H6BrClN2. The minimum atomic E-state index is 0.556. The molecule has 1 rings (SSSR count). The first kappa shape index (κ1) is 8.68. The Morgan fingerprint density at radius 3 is 2.64 bits per heavy atom. The van der Waals surface area contributed by atoms with Crippen LogP contribution in [-0.2, 0) is 0 Å². The summed E-state index contributed by atoms with van der Waals surface area (Å²) in [6, 6.07) is 0. The van der Waals surface area contributed by atoms with Gasteiger partial charge in [-0.15, -0.1) is 0 Å². The van der Waals surface area contributed by atoms with Crippen LogP contribution in [0.3, 0.4) is 0 Å². The van der Waals surface area contributed by atoms with Gasteiger partial charge in [-0.2, -0.15) is 0 Å². The number of aromatic nitrogens is 2. The van der Waals surface area contributed by atoms with E-state index in [9.17, 15) is 0 Å². The highest BCUT2D eigenvalue weighted by atomic mass is 79.9. The molecule has 0 aliphatic rings. The quantitative estimate of drug-likeness (QED) is 0.734. The smallest absolute Gasteiger partial charge is 0.151 e. The van der Waals surface area contributed by atoms with E-state index in [0.29, 0.717) is 10.8 Å². The van der Waals surface area contributed by atoms with Crippen LogP contribution in [0, 0.1) is 0 Å². The van der Waals surface area contributed by atoms with Crippen LogP contribution in [0.15, 0.2) is 18.5 Å². The zero-order valence-corrected chi connectivity index (χ0v) is 8.01. The van der Waals surface area contributed by atoms with Crippen LogP contribution >= 0.6 is 27.5 Å². The fraction of sp³-hybridized carbons (Fsp3) is 0.143. The summed E-state index contributed by atoms with van der Waals surface area (Å²) >= 11 is 8.84. The Morgan fingerprint density at radius 1 is 1.45 bits per heavy atom. The van der Waals surface area contributed by atoms with Crippen molar-refractivity contribution >= 4 is 33.6 Å². The molecule has 11 heavy (non-hydrogen) atoms. The third kappa shape index (κ3) is 2.99. The summed E-state index contributed by atoms with van der Waals surface area (Å²) in [6.45, 7) is 0. The minimum absolute atomic E-state index is 0.556. The van der Waals surface area contributed by atoms with Crippen LogP contribution in [0.4, 0.5) is 0 Å². The third-order valence-electron chi connectivity index (χ3n) is 0.996. The van der Waals surface area contributed by atoms with Crippen molar-refractivity contribution in [2.24, 2.45) is 0 Å². The first-order chi connectivity index (χ1) is 5.33. The lowest BCUT2D eigenvalue weighted by Crippen LogP contribution is -1.84.